The molecular weight excluding hydrogens is 394 g/mol. The molecule has 8 nitrogen and oxygen atoms in total. The van der Waals surface area contributed by atoms with Crippen LogP contribution in [0.5, 0.6) is 0 Å². The highest BCUT2D eigenvalue weighted by atomic mass is 16.5. The Morgan fingerprint density at radius 3 is 2.84 bits per heavy atom. The molecule has 166 valence electrons. The quantitative estimate of drug-likeness (QED) is 0.658. The summed E-state index contributed by atoms with van der Waals surface area (Å²) in [4.78, 5) is 24.0. The van der Waals surface area contributed by atoms with E-state index in [0.29, 0.717) is 19.0 Å². The highest BCUT2D eigenvalue weighted by Gasteiger charge is 2.42. The first-order valence-electron chi connectivity index (χ1n) is 10.9. The molecular formula is C23H31N5O3. The molecule has 1 saturated heterocycles. The molecule has 2 aliphatic heterocycles. The zero-order valence-electron chi connectivity index (χ0n) is 18.2. The Morgan fingerprint density at radius 1 is 1.32 bits per heavy atom. The van der Waals surface area contributed by atoms with Crippen LogP contribution in [0.25, 0.3) is 0 Å². The van der Waals surface area contributed by atoms with E-state index in [2.05, 4.69) is 20.6 Å². The number of hydrogen-bond donors (Lipinski definition) is 3. The van der Waals surface area contributed by atoms with Crippen LogP contribution in [0.1, 0.15) is 56.0 Å². The number of hydrogen-bond acceptors (Lipinski definition) is 6. The monoisotopic (exact) mass is 425 g/mol. The SMILES string of the molecule is CC1(C)c2cnc(NCC3CCCCO3)nc2CN1C(=O)N[C@H](CO)c1ccccc1. The van der Waals surface area contributed by atoms with Gasteiger partial charge in [0.2, 0.25) is 5.95 Å². The summed E-state index contributed by atoms with van der Waals surface area (Å²) in [6.45, 7) is 5.68. The van der Waals surface area contributed by atoms with Gasteiger partial charge < -0.3 is 25.4 Å². The molecule has 2 amide bonds. The number of rotatable bonds is 6. The number of aliphatic hydroxyl groups is 1. The van der Waals surface area contributed by atoms with Crippen LogP contribution in [0.3, 0.4) is 0 Å². The number of carbonyl (C=O) groups excluding carboxylic acids is 1. The second-order valence-electron chi connectivity index (χ2n) is 8.66. The molecule has 0 bridgehead atoms. The number of aliphatic hydroxyl groups excluding tert-OH is 1. The van der Waals surface area contributed by atoms with Crippen molar-refractivity contribution in [3.63, 3.8) is 0 Å². The number of urea groups is 1. The molecule has 2 aromatic rings. The predicted molar refractivity (Wildman–Crippen MR) is 117 cm³/mol. The van der Waals surface area contributed by atoms with Crippen molar-refractivity contribution in [2.24, 2.45) is 0 Å². The van der Waals surface area contributed by atoms with Crippen molar-refractivity contribution >= 4 is 12.0 Å². The molecule has 3 heterocycles. The molecule has 1 unspecified atom stereocenters. The van der Waals surface area contributed by atoms with Crippen LogP contribution in [0, 0.1) is 0 Å². The molecule has 1 aromatic heterocycles. The first-order valence-corrected chi connectivity index (χ1v) is 10.9. The summed E-state index contributed by atoms with van der Waals surface area (Å²) in [5, 5.41) is 16.0. The number of nitrogens with one attached hydrogen (secondary N) is 2. The van der Waals surface area contributed by atoms with Crippen molar-refractivity contribution in [3.05, 3.63) is 53.3 Å². The molecule has 0 aliphatic carbocycles. The number of anilines is 1. The highest BCUT2D eigenvalue weighted by molar-refractivity contribution is 5.77. The lowest BCUT2D eigenvalue weighted by molar-refractivity contribution is 0.0246. The van der Waals surface area contributed by atoms with Gasteiger partial charge in [-0.3, -0.25) is 0 Å². The number of nitrogens with zero attached hydrogens (tertiary/aromatic N) is 3. The molecule has 0 spiro atoms. The Labute approximate surface area is 183 Å². The number of benzene rings is 1. The summed E-state index contributed by atoms with van der Waals surface area (Å²) in [6, 6.07) is 8.77. The van der Waals surface area contributed by atoms with Crippen molar-refractivity contribution in [1.82, 2.24) is 20.2 Å². The number of amides is 2. The number of aromatic nitrogens is 2. The topological polar surface area (TPSA) is 99.6 Å². The van der Waals surface area contributed by atoms with E-state index in [4.69, 9.17) is 4.74 Å². The largest absolute Gasteiger partial charge is 0.394 e. The van der Waals surface area contributed by atoms with E-state index in [1.807, 2.05) is 44.2 Å². The highest BCUT2D eigenvalue weighted by Crippen LogP contribution is 2.38. The molecule has 0 radical (unpaired) electrons. The first kappa shape index (κ1) is 21.5. The van der Waals surface area contributed by atoms with Crippen LogP contribution in [0.15, 0.2) is 36.5 Å². The number of fused-ring (bicyclic) bond motifs is 1. The van der Waals surface area contributed by atoms with Crippen molar-refractivity contribution < 1.29 is 14.6 Å². The lowest BCUT2D eigenvalue weighted by Crippen LogP contribution is -2.47. The summed E-state index contributed by atoms with van der Waals surface area (Å²) >= 11 is 0. The van der Waals surface area contributed by atoms with E-state index in [9.17, 15) is 9.90 Å². The van der Waals surface area contributed by atoms with Gasteiger partial charge in [0.25, 0.3) is 0 Å². The van der Waals surface area contributed by atoms with Gasteiger partial charge in [-0.05, 0) is 38.7 Å². The minimum absolute atomic E-state index is 0.173. The normalized spacial score (nSPS) is 20.7. The van der Waals surface area contributed by atoms with Gasteiger partial charge in [-0.15, -0.1) is 0 Å². The smallest absolute Gasteiger partial charge is 0.319 e. The van der Waals surface area contributed by atoms with E-state index in [-0.39, 0.29) is 18.7 Å². The average molecular weight is 426 g/mol. The van der Waals surface area contributed by atoms with Crippen LogP contribution in [-0.2, 0) is 16.8 Å². The second-order valence-corrected chi connectivity index (χ2v) is 8.66. The van der Waals surface area contributed by atoms with Crippen LogP contribution < -0.4 is 10.6 Å². The van der Waals surface area contributed by atoms with E-state index >= 15 is 0 Å². The third kappa shape index (κ3) is 4.65. The molecule has 2 aliphatic rings. The van der Waals surface area contributed by atoms with Gasteiger partial charge in [0.15, 0.2) is 0 Å². The fraction of sp³-hybridized carbons (Fsp3) is 0.522. The summed E-state index contributed by atoms with van der Waals surface area (Å²) in [6.07, 6.45) is 5.36. The van der Waals surface area contributed by atoms with Crippen molar-refractivity contribution in [3.8, 4) is 0 Å². The van der Waals surface area contributed by atoms with E-state index in [1.165, 1.54) is 6.42 Å². The van der Waals surface area contributed by atoms with E-state index in [0.717, 1.165) is 36.3 Å². The fourth-order valence-electron chi connectivity index (χ4n) is 4.27. The Hall–Kier alpha value is -2.71. The molecule has 0 saturated carbocycles. The van der Waals surface area contributed by atoms with Gasteiger partial charge in [0, 0.05) is 24.9 Å². The van der Waals surface area contributed by atoms with Gasteiger partial charge in [0.1, 0.15) is 0 Å². The molecule has 8 heteroatoms. The third-order valence-corrected chi connectivity index (χ3v) is 6.20. The van der Waals surface area contributed by atoms with E-state index < -0.39 is 11.6 Å². The minimum atomic E-state index is -0.554. The summed E-state index contributed by atoms with van der Waals surface area (Å²) < 4.78 is 5.76. The molecule has 1 fully saturated rings. The lowest BCUT2D eigenvalue weighted by Gasteiger charge is -2.33. The van der Waals surface area contributed by atoms with Crippen molar-refractivity contribution in [2.45, 2.75) is 57.3 Å². The van der Waals surface area contributed by atoms with Gasteiger partial charge in [-0.25, -0.2) is 14.8 Å². The van der Waals surface area contributed by atoms with Crippen LogP contribution >= 0.6 is 0 Å². The lowest BCUT2D eigenvalue weighted by atomic mass is 9.97. The van der Waals surface area contributed by atoms with Gasteiger partial charge in [-0.2, -0.15) is 0 Å². The zero-order valence-corrected chi connectivity index (χ0v) is 18.2. The maximum Gasteiger partial charge on any atom is 0.319 e. The summed E-state index contributed by atoms with van der Waals surface area (Å²) in [7, 11) is 0. The maximum absolute atomic E-state index is 13.1. The summed E-state index contributed by atoms with van der Waals surface area (Å²) in [5.74, 6) is 0.559. The number of carbonyl (C=O) groups is 1. The van der Waals surface area contributed by atoms with Crippen LogP contribution in [-0.4, -0.2) is 51.9 Å². The molecule has 3 N–H and O–H groups in total. The minimum Gasteiger partial charge on any atom is -0.394 e. The molecule has 31 heavy (non-hydrogen) atoms. The van der Waals surface area contributed by atoms with Crippen LogP contribution in [0.4, 0.5) is 10.7 Å². The molecule has 1 aromatic carbocycles. The third-order valence-electron chi connectivity index (χ3n) is 6.20. The Balaban J connectivity index is 1.43. The first-order chi connectivity index (χ1) is 15.0. The second kappa shape index (κ2) is 9.20. The van der Waals surface area contributed by atoms with Crippen LogP contribution in [0.2, 0.25) is 0 Å². The Bertz CT molecular complexity index is 899. The van der Waals surface area contributed by atoms with Gasteiger partial charge in [-0.1, -0.05) is 30.3 Å². The van der Waals surface area contributed by atoms with Crippen molar-refractivity contribution in [1.29, 1.82) is 0 Å². The van der Waals surface area contributed by atoms with Gasteiger partial charge in [0.05, 0.1) is 36.5 Å². The predicted octanol–water partition coefficient (Wildman–Crippen LogP) is 2.95. The summed E-state index contributed by atoms with van der Waals surface area (Å²) in [5.41, 5.74) is 2.08. The molecule has 2 atom stereocenters. The molecule has 4 rings (SSSR count). The van der Waals surface area contributed by atoms with Gasteiger partial charge >= 0.3 is 6.03 Å². The Kier molecular flexibility index (Phi) is 6.38. The number of ether oxygens (including phenoxy) is 1. The maximum atomic E-state index is 13.1. The standard InChI is InChI=1S/C23H31N5O3/c1-23(2)18-13-25-21(24-12-17-10-6-7-11-31-17)26-19(18)14-28(23)22(30)27-20(15-29)16-8-4-3-5-9-16/h3-5,8-9,13,17,20,29H,6-7,10-12,14-15H2,1-2H3,(H,27,30)(H,24,25,26)/t17?,20-/m1/s1. The average Bonchev–Trinajstić information content (AvgIpc) is 3.07. The zero-order chi connectivity index (χ0) is 21.8. The van der Waals surface area contributed by atoms with Crippen molar-refractivity contribution in [2.75, 3.05) is 25.1 Å². The Morgan fingerprint density at radius 2 is 2.13 bits per heavy atom. The van der Waals surface area contributed by atoms with E-state index in [1.54, 1.807) is 11.1 Å². The fourth-order valence-corrected chi connectivity index (χ4v) is 4.27.